The summed E-state index contributed by atoms with van der Waals surface area (Å²) in [6.45, 7) is 0. The molecule has 0 aliphatic carbocycles. The van der Waals surface area contributed by atoms with E-state index in [0.29, 0.717) is 6.42 Å². The summed E-state index contributed by atoms with van der Waals surface area (Å²) in [5.41, 5.74) is 3.61. The third kappa shape index (κ3) is 5.54. The second-order valence-corrected chi connectivity index (χ2v) is 5.83. The molecule has 0 spiro atoms. The molecule has 126 valence electrons. The van der Waals surface area contributed by atoms with Crippen LogP contribution in [0, 0.1) is 0 Å². The van der Waals surface area contributed by atoms with Gasteiger partial charge in [-0.1, -0.05) is 72.6 Å². The van der Waals surface area contributed by atoms with E-state index in [9.17, 15) is 4.79 Å². The number of rotatable bonds is 9. The molecule has 0 unspecified atom stereocenters. The average Bonchev–Trinajstić information content (AvgIpc) is 2.62. The monoisotopic (exact) mass is 325 g/mol. The number of aliphatic carboxylic acids is 1. The largest absolute Gasteiger partial charge is 0.477 e. The average molecular weight is 325 g/mol. The number of nitrogens with zero attached hydrogens (tertiary/aromatic N) is 1. The maximum absolute atomic E-state index is 10.7. The molecule has 4 heteroatoms. The van der Waals surface area contributed by atoms with Gasteiger partial charge in [0.05, 0.1) is 0 Å². The van der Waals surface area contributed by atoms with Gasteiger partial charge in [-0.2, -0.15) is 0 Å². The molecule has 24 heavy (non-hydrogen) atoms. The van der Waals surface area contributed by atoms with Gasteiger partial charge in [0.25, 0.3) is 0 Å². The third-order valence-corrected chi connectivity index (χ3v) is 4.06. The van der Waals surface area contributed by atoms with E-state index in [1.54, 1.807) is 0 Å². The molecule has 2 N–H and O–H groups in total. The first-order chi connectivity index (χ1) is 11.7. The maximum atomic E-state index is 10.7. The first-order valence-electron chi connectivity index (χ1n) is 8.29. The van der Waals surface area contributed by atoms with E-state index in [4.69, 9.17) is 10.3 Å². The molecule has 2 aromatic rings. The Bertz CT molecular complexity index is 663. The van der Waals surface area contributed by atoms with Gasteiger partial charge in [-0.3, -0.25) is 0 Å². The summed E-state index contributed by atoms with van der Waals surface area (Å²) in [4.78, 5) is 10.7. The van der Waals surface area contributed by atoms with Crippen molar-refractivity contribution in [2.24, 2.45) is 5.16 Å². The predicted octanol–water partition coefficient (Wildman–Crippen LogP) is 4.76. The molecular weight excluding hydrogens is 302 g/mol. The van der Waals surface area contributed by atoms with Crippen molar-refractivity contribution in [3.63, 3.8) is 0 Å². The highest BCUT2D eigenvalue weighted by atomic mass is 16.4. The molecule has 0 heterocycles. The molecular formula is C20H23NO3. The summed E-state index contributed by atoms with van der Waals surface area (Å²) < 4.78 is 0. The molecule has 0 amide bonds. The molecule has 0 aliphatic heterocycles. The number of hydrogen-bond donors (Lipinski definition) is 2. The molecule has 2 rings (SSSR count). The fourth-order valence-corrected chi connectivity index (χ4v) is 2.67. The van der Waals surface area contributed by atoms with Gasteiger partial charge in [-0.05, 0) is 36.0 Å². The number of aryl methyl sites for hydroxylation is 1. The van der Waals surface area contributed by atoms with Crippen LogP contribution < -0.4 is 0 Å². The normalized spacial score (nSPS) is 11.4. The minimum absolute atomic E-state index is 0.161. The van der Waals surface area contributed by atoms with Crippen molar-refractivity contribution in [3.05, 3.63) is 60.2 Å². The Labute approximate surface area is 142 Å². The lowest BCUT2D eigenvalue weighted by Crippen LogP contribution is -2.12. The molecule has 2 aromatic carbocycles. The van der Waals surface area contributed by atoms with Crippen LogP contribution in [0.4, 0.5) is 0 Å². The van der Waals surface area contributed by atoms with Crippen LogP contribution >= 0.6 is 0 Å². The van der Waals surface area contributed by atoms with Gasteiger partial charge in [0.2, 0.25) is 0 Å². The number of carboxylic acid groups (broad SMARTS) is 1. The Balaban J connectivity index is 1.69. The molecule has 0 aromatic heterocycles. The van der Waals surface area contributed by atoms with Crippen LogP contribution in [-0.2, 0) is 11.2 Å². The molecule has 0 bridgehead atoms. The van der Waals surface area contributed by atoms with Crippen molar-refractivity contribution >= 4 is 11.7 Å². The summed E-state index contributed by atoms with van der Waals surface area (Å²) in [7, 11) is 0. The van der Waals surface area contributed by atoms with Crippen molar-refractivity contribution in [1.82, 2.24) is 0 Å². The maximum Gasteiger partial charge on any atom is 0.353 e. The van der Waals surface area contributed by atoms with E-state index in [-0.39, 0.29) is 5.71 Å². The van der Waals surface area contributed by atoms with E-state index in [2.05, 4.69) is 41.6 Å². The predicted molar refractivity (Wildman–Crippen MR) is 95.5 cm³/mol. The Morgan fingerprint density at radius 2 is 1.46 bits per heavy atom. The second-order valence-electron chi connectivity index (χ2n) is 5.83. The lowest BCUT2D eigenvalue weighted by Gasteiger charge is -2.05. The van der Waals surface area contributed by atoms with Crippen LogP contribution in [0.2, 0.25) is 0 Å². The first-order valence-corrected chi connectivity index (χ1v) is 8.29. The smallest absolute Gasteiger partial charge is 0.353 e. The van der Waals surface area contributed by atoms with Crippen LogP contribution in [0.25, 0.3) is 11.1 Å². The van der Waals surface area contributed by atoms with E-state index < -0.39 is 5.97 Å². The van der Waals surface area contributed by atoms with Gasteiger partial charge in [0.1, 0.15) is 0 Å². The van der Waals surface area contributed by atoms with E-state index in [1.165, 1.54) is 16.7 Å². The molecule has 0 radical (unpaired) electrons. The van der Waals surface area contributed by atoms with Gasteiger partial charge >= 0.3 is 5.97 Å². The zero-order valence-electron chi connectivity index (χ0n) is 13.7. The van der Waals surface area contributed by atoms with Crippen molar-refractivity contribution in [2.45, 2.75) is 38.5 Å². The number of carbonyl (C=O) groups is 1. The highest BCUT2D eigenvalue weighted by Crippen LogP contribution is 2.20. The number of hydrogen-bond acceptors (Lipinski definition) is 3. The fraction of sp³-hybridized carbons (Fsp3) is 0.300. The third-order valence-electron chi connectivity index (χ3n) is 4.06. The van der Waals surface area contributed by atoms with Crippen molar-refractivity contribution in [1.29, 1.82) is 0 Å². The van der Waals surface area contributed by atoms with Crippen LogP contribution in [0.1, 0.15) is 37.7 Å². The Hall–Kier alpha value is -2.62. The van der Waals surface area contributed by atoms with Gasteiger partial charge < -0.3 is 10.3 Å². The SMILES string of the molecule is O=C(O)/C(CCCCCCc1ccc(-c2ccccc2)cc1)=N\O. The van der Waals surface area contributed by atoms with Gasteiger partial charge in [-0.15, -0.1) is 0 Å². The highest BCUT2D eigenvalue weighted by Gasteiger charge is 2.08. The molecule has 0 fully saturated rings. The van der Waals surface area contributed by atoms with Crippen LogP contribution in [0.3, 0.4) is 0 Å². The summed E-state index contributed by atoms with van der Waals surface area (Å²) in [5, 5.41) is 20.1. The quantitative estimate of drug-likeness (QED) is 0.302. The molecule has 0 saturated heterocycles. The topological polar surface area (TPSA) is 69.9 Å². The van der Waals surface area contributed by atoms with Crippen molar-refractivity contribution in [3.8, 4) is 11.1 Å². The highest BCUT2D eigenvalue weighted by molar-refractivity contribution is 6.35. The standard InChI is InChI=1S/C20H23NO3/c22-20(23)19(21-24)11-7-2-1-4-8-16-12-14-18(15-13-16)17-9-5-3-6-10-17/h3,5-6,9-10,12-15,24H,1-2,4,7-8,11H2,(H,22,23)/b21-19-. The van der Waals surface area contributed by atoms with Crippen molar-refractivity contribution in [2.75, 3.05) is 0 Å². The molecule has 0 saturated carbocycles. The van der Waals surface area contributed by atoms with Gasteiger partial charge in [-0.25, -0.2) is 4.79 Å². The zero-order valence-corrected chi connectivity index (χ0v) is 13.7. The molecule has 0 aliphatic rings. The second kappa shape index (κ2) is 9.50. The lowest BCUT2D eigenvalue weighted by atomic mass is 10.0. The minimum Gasteiger partial charge on any atom is -0.477 e. The summed E-state index contributed by atoms with van der Waals surface area (Å²) >= 11 is 0. The zero-order chi connectivity index (χ0) is 17.2. The number of oxime groups is 1. The number of unbranched alkanes of at least 4 members (excludes halogenated alkanes) is 3. The first kappa shape index (κ1) is 17.7. The summed E-state index contributed by atoms with van der Waals surface area (Å²) in [5.74, 6) is -1.14. The van der Waals surface area contributed by atoms with Crippen LogP contribution in [-0.4, -0.2) is 22.0 Å². The lowest BCUT2D eigenvalue weighted by molar-refractivity contribution is -0.129. The fourth-order valence-electron chi connectivity index (χ4n) is 2.67. The summed E-state index contributed by atoms with van der Waals surface area (Å²) in [6, 6.07) is 19.0. The molecule has 0 atom stereocenters. The summed E-state index contributed by atoms with van der Waals surface area (Å²) in [6.07, 6.45) is 5.13. The van der Waals surface area contributed by atoms with Crippen molar-refractivity contribution < 1.29 is 15.1 Å². The van der Waals surface area contributed by atoms with Crippen LogP contribution in [0.15, 0.2) is 59.8 Å². The number of carboxylic acids is 1. The van der Waals surface area contributed by atoms with Gasteiger partial charge in [0.15, 0.2) is 5.71 Å². The van der Waals surface area contributed by atoms with Gasteiger partial charge in [0, 0.05) is 6.42 Å². The minimum atomic E-state index is -1.14. The van der Waals surface area contributed by atoms with E-state index in [1.807, 2.05) is 18.2 Å². The Morgan fingerprint density at radius 3 is 2.08 bits per heavy atom. The van der Waals surface area contributed by atoms with E-state index in [0.717, 1.165) is 32.1 Å². The Morgan fingerprint density at radius 1 is 0.833 bits per heavy atom. The Kier molecular flexibility index (Phi) is 7.02. The van der Waals surface area contributed by atoms with E-state index >= 15 is 0 Å². The van der Waals surface area contributed by atoms with Crippen LogP contribution in [0.5, 0.6) is 0 Å². The number of benzene rings is 2. The molecule has 4 nitrogen and oxygen atoms in total.